The van der Waals surface area contributed by atoms with E-state index in [0.29, 0.717) is 31.6 Å². The lowest BCUT2D eigenvalue weighted by Gasteiger charge is -2.00. The Labute approximate surface area is 171 Å². The van der Waals surface area contributed by atoms with E-state index in [-0.39, 0.29) is 11.2 Å². The van der Waals surface area contributed by atoms with Gasteiger partial charge >= 0.3 is 0 Å². The summed E-state index contributed by atoms with van der Waals surface area (Å²) in [4.78, 5) is 28.4. The van der Waals surface area contributed by atoms with Crippen molar-refractivity contribution in [3.05, 3.63) is 90.4 Å². The standard InChI is InChI=1S/C20H10ClN3O4S/c21-14-7-5-11(24(26)27)9-13(14)17-8-6-12(28-17)10-18-19(25)23-16-4-2-1-3-15(16)22-20(23)29-18/h1-10H/b18-10-. The Hall–Kier alpha value is -3.49. The highest BCUT2D eigenvalue weighted by atomic mass is 35.5. The van der Waals surface area contributed by atoms with E-state index in [1.807, 2.05) is 24.3 Å². The number of halogens is 1. The molecule has 0 N–H and O–H groups in total. The van der Waals surface area contributed by atoms with Gasteiger partial charge < -0.3 is 4.42 Å². The maximum absolute atomic E-state index is 12.8. The van der Waals surface area contributed by atoms with Crippen LogP contribution in [0.4, 0.5) is 5.69 Å². The molecular weight excluding hydrogens is 414 g/mol. The minimum atomic E-state index is -0.495. The molecule has 5 aromatic rings. The predicted molar refractivity (Wildman–Crippen MR) is 111 cm³/mol. The Kier molecular flexibility index (Phi) is 3.97. The van der Waals surface area contributed by atoms with Gasteiger partial charge in [0.2, 0.25) is 0 Å². The number of aromatic nitrogens is 2. The summed E-state index contributed by atoms with van der Waals surface area (Å²) < 4.78 is 7.83. The van der Waals surface area contributed by atoms with Crippen molar-refractivity contribution in [2.45, 2.75) is 0 Å². The van der Waals surface area contributed by atoms with E-state index in [1.165, 1.54) is 29.5 Å². The molecule has 3 aromatic heterocycles. The van der Waals surface area contributed by atoms with E-state index in [1.54, 1.807) is 22.6 Å². The lowest BCUT2D eigenvalue weighted by Crippen LogP contribution is -2.22. The first-order chi connectivity index (χ1) is 14.0. The van der Waals surface area contributed by atoms with Gasteiger partial charge in [-0.1, -0.05) is 35.1 Å². The highest BCUT2D eigenvalue weighted by molar-refractivity contribution is 7.15. The molecule has 9 heteroatoms. The summed E-state index contributed by atoms with van der Waals surface area (Å²) in [6.07, 6.45) is 1.63. The van der Waals surface area contributed by atoms with Crippen LogP contribution in [0.2, 0.25) is 5.02 Å². The molecule has 29 heavy (non-hydrogen) atoms. The molecule has 0 aliphatic heterocycles. The van der Waals surface area contributed by atoms with Crippen LogP contribution in [0.5, 0.6) is 0 Å². The van der Waals surface area contributed by atoms with Crippen LogP contribution < -0.4 is 10.1 Å². The van der Waals surface area contributed by atoms with Gasteiger partial charge in [-0.15, -0.1) is 0 Å². The number of hydrogen-bond acceptors (Lipinski definition) is 6. The molecule has 0 saturated carbocycles. The fourth-order valence-corrected chi connectivity index (χ4v) is 4.31. The molecule has 0 spiro atoms. The monoisotopic (exact) mass is 423 g/mol. The zero-order valence-corrected chi connectivity index (χ0v) is 16.1. The average Bonchev–Trinajstić information content (AvgIpc) is 3.38. The summed E-state index contributed by atoms with van der Waals surface area (Å²) in [6.45, 7) is 0. The van der Waals surface area contributed by atoms with Crippen molar-refractivity contribution in [3.63, 3.8) is 0 Å². The topological polar surface area (TPSA) is 90.6 Å². The third-order valence-corrected chi connectivity index (χ3v) is 5.77. The van der Waals surface area contributed by atoms with E-state index in [0.717, 1.165) is 11.0 Å². The molecule has 142 valence electrons. The number of para-hydroxylation sites is 2. The van der Waals surface area contributed by atoms with Crippen LogP contribution in [0.15, 0.2) is 63.8 Å². The zero-order chi connectivity index (χ0) is 20.1. The van der Waals surface area contributed by atoms with Crippen LogP contribution in [0.25, 0.3) is 33.4 Å². The summed E-state index contributed by atoms with van der Waals surface area (Å²) in [5.74, 6) is 0.817. The number of hydrogen-bond donors (Lipinski definition) is 0. The molecule has 0 amide bonds. The van der Waals surface area contributed by atoms with Gasteiger partial charge in [-0.05, 0) is 30.3 Å². The molecule has 7 nitrogen and oxygen atoms in total. The number of nitrogens with zero attached hydrogens (tertiary/aromatic N) is 3. The molecule has 5 rings (SSSR count). The fourth-order valence-electron chi connectivity index (χ4n) is 3.13. The largest absolute Gasteiger partial charge is 0.457 e. The minimum absolute atomic E-state index is 0.0838. The van der Waals surface area contributed by atoms with Gasteiger partial charge in [0.05, 0.1) is 21.0 Å². The van der Waals surface area contributed by atoms with Crippen LogP contribution in [0.3, 0.4) is 0 Å². The lowest BCUT2D eigenvalue weighted by atomic mass is 10.1. The second kappa shape index (κ2) is 6.54. The first-order valence-electron chi connectivity index (χ1n) is 8.47. The molecule has 0 radical (unpaired) electrons. The number of furan rings is 1. The average molecular weight is 424 g/mol. The van der Waals surface area contributed by atoms with Crippen LogP contribution in [0, 0.1) is 10.1 Å². The van der Waals surface area contributed by atoms with E-state index < -0.39 is 4.92 Å². The molecule has 0 unspecified atom stereocenters. The van der Waals surface area contributed by atoms with Crippen LogP contribution >= 0.6 is 22.9 Å². The zero-order valence-electron chi connectivity index (χ0n) is 14.5. The lowest BCUT2D eigenvalue weighted by molar-refractivity contribution is -0.384. The Morgan fingerprint density at radius 1 is 1.17 bits per heavy atom. The second-order valence-electron chi connectivity index (χ2n) is 6.26. The van der Waals surface area contributed by atoms with E-state index in [2.05, 4.69) is 4.98 Å². The number of nitro groups is 1. The van der Waals surface area contributed by atoms with E-state index >= 15 is 0 Å². The molecule has 0 aliphatic carbocycles. The van der Waals surface area contributed by atoms with E-state index in [4.69, 9.17) is 16.0 Å². The Bertz CT molecular complexity index is 1530. The molecular formula is C20H10ClN3O4S. The van der Waals surface area contributed by atoms with Crippen LogP contribution in [0.1, 0.15) is 5.76 Å². The molecule has 0 atom stereocenters. The number of non-ortho nitro benzene ring substituents is 1. The van der Waals surface area contributed by atoms with Crippen molar-refractivity contribution in [1.82, 2.24) is 9.38 Å². The van der Waals surface area contributed by atoms with E-state index in [9.17, 15) is 14.9 Å². The van der Waals surface area contributed by atoms with Gasteiger partial charge in [0.25, 0.3) is 11.2 Å². The second-order valence-corrected chi connectivity index (χ2v) is 7.67. The summed E-state index contributed by atoms with van der Waals surface area (Å²) in [7, 11) is 0. The third kappa shape index (κ3) is 2.89. The van der Waals surface area contributed by atoms with Crippen molar-refractivity contribution in [2.75, 3.05) is 0 Å². The van der Waals surface area contributed by atoms with Crippen LogP contribution in [-0.2, 0) is 0 Å². The van der Waals surface area contributed by atoms with Crippen molar-refractivity contribution in [2.24, 2.45) is 0 Å². The maximum atomic E-state index is 12.8. The molecule has 0 saturated heterocycles. The third-order valence-electron chi connectivity index (χ3n) is 4.47. The number of benzene rings is 2. The summed E-state index contributed by atoms with van der Waals surface area (Å²) in [5, 5.41) is 11.4. The smallest absolute Gasteiger partial charge is 0.275 e. The van der Waals surface area contributed by atoms with Gasteiger partial charge in [-0.2, -0.15) is 0 Å². The summed E-state index contributed by atoms with van der Waals surface area (Å²) >= 11 is 7.44. The number of fused-ring (bicyclic) bond motifs is 3. The first-order valence-corrected chi connectivity index (χ1v) is 9.66. The van der Waals surface area contributed by atoms with Gasteiger partial charge in [-0.3, -0.25) is 14.9 Å². The minimum Gasteiger partial charge on any atom is -0.457 e. The predicted octanol–water partition coefficient (Wildman–Crippen LogP) is 4.28. The molecule has 0 aliphatic rings. The van der Waals surface area contributed by atoms with Gasteiger partial charge in [-0.25, -0.2) is 9.38 Å². The molecule has 3 heterocycles. The van der Waals surface area contributed by atoms with Crippen molar-refractivity contribution < 1.29 is 9.34 Å². The first kappa shape index (κ1) is 17.6. The van der Waals surface area contributed by atoms with Gasteiger partial charge in [0.1, 0.15) is 16.1 Å². The SMILES string of the molecule is O=c1/c(=C/c2ccc(-c3cc([N+](=O)[O-])ccc3Cl)o2)sc2nc3ccccc3n12. The molecule has 2 aromatic carbocycles. The maximum Gasteiger partial charge on any atom is 0.275 e. The highest BCUT2D eigenvalue weighted by Crippen LogP contribution is 2.32. The van der Waals surface area contributed by atoms with Crippen LogP contribution in [-0.4, -0.2) is 14.3 Å². The van der Waals surface area contributed by atoms with Crippen molar-refractivity contribution in [1.29, 1.82) is 0 Å². The number of imidazole rings is 1. The number of thiazole rings is 1. The normalized spacial score (nSPS) is 12.2. The fraction of sp³-hybridized carbons (Fsp3) is 0. The molecule has 0 bridgehead atoms. The number of nitro benzene ring substituents is 1. The van der Waals surface area contributed by atoms with Gasteiger partial charge in [0, 0.05) is 23.8 Å². The summed E-state index contributed by atoms with van der Waals surface area (Å²) in [6, 6.07) is 14.9. The van der Waals surface area contributed by atoms with Crippen molar-refractivity contribution in [3.8, 4) is 11.3 Å². The Balaban J connectivity index is 1.61. The Morgan fingerprint density at radius 3 is 2.83 bits per heavy atom. The van der Waals surface area contributed by atoms with Crippen molar-refractivity contribution >= 4 is 50.7 Å². The Morgan fingerprint density at radius 2 is 2.00 bits per heavy atom. The highest BCUT2D eigenvalue weighted by Gasteiger charge is 2.15. The quantitative estimate of drug-likeness (QED) is 0.319. The van der Waals surface area contributed by atoms with Gasteiger partial charge in [0.15, 0.2) is 4.96 Å². The molecule has 0 fully saturated rings. The number of rotatable bonds is 3. The summed E-state index contributed by atoms with van der Waals surface area (Å²) in [5.41, 5.74) is 1.68.